The Morgan fingerprint density at radius 3 is 2.64 bits per heavy atom. The summed E-state index contributed by atoms with van der Waals surface area (Å²) in [6, 6.07) is 14.1. The van der Waals surface area contributed by atoms with Crippen LogP contribution < -0.4 is 15.0 Å². The van der Waals surface area contributed by atoms with Gasteiger partial charge in [0.15, 0.2) is 5.13 Å². The average molecular weight is 396 g/mol. The predicted molar refractivity (Wildman–Crippen MR) is 116 cm³/mol. The third-order valence-corrected chi connectivity index (χ3v) is 6.43. The lowest BCUT2D eigenvalue weighted by Crippen LogP contribution is -2.38. The van der Waals surface area contributed by atoms with Crippen molar-refractivity contribution in [3.63, 3.8) is 0 Å². The molecular weight excluding hydrogens is 370 g/mol. The number of rotatable bonds is 5. The number of thiazole rings is 1. The Labute approximate surface area is 169 Å². The molecule has 1 saturated heterocycles. The van der Waals surface area contributed by atoms with Gasteiger partial charge < -0.3 is 15.0 Å². The molecule has 1 aromatic heterocycles. The summed E-state index contributed by atoms with van der Waals surface area (Å²) >= 11 is 1.68. The zero-order valence-electron chi connectivity index (χ0n) is 16.3. The van der Waals surface area contributed by atoms with Crippen molar-refractivity contribution >= 4 is 38.3 Å². The van der Waals surface area contributed by atoms with Crippen LogP contribution in [0.15, 0.2) is 42.5 Å². The first kappa shape index (κ1) is 18.7. The van der Waals surface area contributed by atoms with Gasteiger partial charge in [0.1, 0.15) is 5.75 Å². The van der Waals surface area contributed by atoms with Crippen LogP contribution in [0.5, 0.6) is 5.75 Å². The lowest BCUT2D eigenvalue weighted by atomic mass is 9.96. The quantitative estimate of drug-likeness (QED) is 0.679. The van der Waals surface area contributed by atoms with Crippen molar-refractivity contribution in [1.29, 1.82) is 0 Å². The summed E-state index contributed by atoms with van der Waals surface area (Å²) in [6.45, 7) is 3.83. The lowest BCUT2D eigenvalue weighted by Gasteiger charge is -2.31. The van der Waals surface area contributed by atoms with Gasteiger partial charge in [-0.05, 0) is 55.2 Å². The first-order valence-electron chi connectivity index (χ1n) is 9.75. The molecule has 0 radical (unpaired) electrons. The van der Waals surface area contributed by atoms with Crippen molar-refractivity contribution in [2.24, 2.45) is 5.92 Å². The second-order valence-electron chi connectivity index (χ2n) is 7.13. The summed E-state index contributed by atoms with van der Waals surface area (Å²) in [6.07, 6.45) is 2.70. The highest BCUT2D eigenvalue weighted by Crippen LogP contribution is 2.33. The summed E-state index contributed by atoms with van der Waals surface area (Å²) in [5, 5.41) is 4.09. The molecular formula is C22H25N3O2S. The Morgan fingerprint density at radius 1 is 1.21 bits per heavy atom. The summed E-state index contributed by atoms with van der Waals surface area (Å²) in [5.74, 6) is 1.03. The maximum atomic E-state index is 12.6. The fourth-order valence-corrected chi connectivity index (χ4v) is 4.60. The van der Waals surface area contributed by atoms with Crippen molar-refractivity contribution in [2.75, 3.05) is 30.4 Å². The average Bonchev–Trinajstić information content (AvgIpc) is 3.17. The summed E-state index contributed by atoms with van der Waals surface area (Å²) in [5.41, 5.74) is 3.15. The normalized spacial score (nSPS) is 15.0. The Balaban J connectivity index is 1.36. The number of nitrogens with zero attached hydrogens (tertiary/aromatic N) is 2. The number of methoxy groups -OCH3 is 1. The number of ether oxygens (including phenoxy) is 1. The molecule has 3 aromatic rings. The molecule has 1 fully saturated rings. The molecule has 28 heavy (non-hydrogen) atoms. The second kappa shape index (κ2) is 8.19. The molecule has 0 aliphatic carbocycles. The molecule has 0 bridgehead atoms. The van der Waals surface area contributed by atoms with E-state index in [4.69, 9.17) is 9.72 Å². The number of aromatic nitrogens is 1. The maximum absolute atomic E-state index is 12.6. The van der Waals surface area contributed by atoms with E-state index in [-0.39, 0.29) is 11.8 Å². The highest BCUT2D eigenvalue weighted by molar-refractivity contribution is 7.22. The van der Waals surface area contributed by atoms with Gasteiger partial charge in [-0.3, -0.25) is 4.79 Å². The van der Waals surface area contributed by atoms with Crippen molar-refractivity contribution in [1.82, 2.24) is 4.98 Å². The van der Waals surface area contributed by atoms with Gasteiger partial charge in [-0.25, -0.2) is 4.98 Å². The minimum atomic E-state index is 0.0524. The number of nitrogens with one attached hydrogen (secondary N) is 1. The molecule has 1 N–H and O–H groups in total. The number of hydrogen-bond donors (Lipinski definition) is 1. The number of aryl methyl sites for hydroxylation is 1. The van der Waals surface area contributed by atoms with E-state index in [1.165, 1.54) is 5.56 Å². The van der Waals surface area contributed by atoms with Crippen LogP contribution in [-0.4, -0.2) is 31.1 Å². The van der Waals surface area contributed by atoms with Crippen LogP contribution in [0.2, 0.25) is 0 Å². The number of fused-ring (bicyclic) bond motifs is 1. The molecule has 146 valence electrons. The van der Waals surface area contributed by atoms with Crippen LogP contribution >= 0.6 is 11.3 Å². The van der Waals surface area contributed by atoms with Gasteiger partial charge in [-0.2, -0.15) is 0 Å². The number of hydrogen-bond acceptors (Lipinski definition) is 5. The third-order valence-electron chi connectivity index (χ3n) is 5.35. The fraction of sp³-hybridized carbons (Fsp3) is 0.364. The minimum Gasteiger partial charge on any atom is -0.497 e. The molecule has 1 aliphatic rings. The van der Waals surface area contributed by atoms with E-state index >= 15 is 0 Å². The molecule has 4 rings (SSSR count). The van der Waals surface area contributed by atoms with E-state index < -0.39 is 0 Å². The molecule has 6 heteroatoms. The summed E-state index contributed by atoms with van der Waals surface area (Å²) < 4.78 is 6.43. The fourth-order valence-electron chi connectivity index (χ4n) is 3.56. The minimum absolute atomic E-state index is 0.0524. The Bertz CT molecular complexity index is 960. The smallest absolute Gasteiger partial charge is 0.227 e. The number of benzene rings is 2. The monoisotopic (exact) mass is 395 g/mol. The van der Waals surface area contributed by atoms with Crippen LogP contribution in [-0.2, 0) is 11.2 Å². The van der Waals surface area contributed by atoms with Crippen LogP contribution in [0.4, 0.5) is 10.8 Å². The van der Waals surface area contributed by atoms with Crippen molar-refractivity contribution in [3.8, 4) is 5.75 Å². The number of carbonyl (C=O) groups is 1. The number of piperidine rings is 1. The van der Waals surface area contributed by atoms with Gasteiger partial charge in [0.25, 0.3) is 0 Å². The van der Waals surface area contributed by atoms with Crippen LogP contribution in [0.3, 0.4) is 0 Å². The van der Waals surface area contributed by atoms with E-state index in [0.717, 1.165) is 59.1 Å². The van der Waals surface area contributed by atoms with Crippen LogP contribution in [0.1, 0.15) is 25.3 Å². The Kier molecular flexibility index (Phi) is 5.48. The van der Waals surface area contributed by atoms with Crippen molar-refractivity contribution < 1.29 is 9.53 Å². The number of anilines is 2. The molecule has 5 nitrogen and oxygen atoms in total. The topological polar surface area (TPSA) is 54.5 Å². The van der Waals surface area contributed by atoms with E-state index in [1.54, 1.807) is 18.4 Å². The first-order valence-corrected chi connectivity index (χ1v) is 10.6. The summed E-state index contributed by atoms with van der Waals surface area (Å²) in [4.78, 5) is 19.7. The SMILES string of the molecule is CCc1ccc(NC(=O)C2CCN(c3nc4ccc(OC)cc4s3)CC2)cc1. The molecule has 0 unspecified atom stereocenters. The molecule has 0 atom stereocenters. The van der Waals surface area contributed by atoms with E-state index in [9.17, 15) is 4.79 Å². The third kappa shape index (κ3) is 3.97. The number of amides is 1. The van der Waals surface area contributed by atoms with Gasteiger partial charge in [-0.15, -0.1) is 0 Å². The van der Waals surface area contributed by atoms with Crippen LogP contribution in [0, 0.1) is 5.92 Å². The van der Waals surface area contributed by atoms with Crippen LogP contribution in [0.25, 0.3) is 10.2 Å². The second-order valence-corrected chi connectivity index (χ2v) is 8.14. The molecule has 2 heterocycles. The zero-order chi connectivity index (χ0) is 19.5. The highest BCUT2D eigenvalue weighted by Gasteiger charge is 2.26. The van der Waals surface area contributed by atoms with Gasteiger partial charge in [0, 0.05) is 24.7 Å². The van der Waals surface area contributed by atoms with Gasteiger partial charge in [0.05, 0.1) is 17.3 Å². The molecule has 2 aromatic carbocycles. The van der Waals surface area contributed by atoms with E-state index in [2.05, 4.69) is 29.3 Å². The molecule has 1 aliphatic heterocycles. The predicted octanol–water partition coefficient (Wildman–Crippen LogP) is 4.72. The molecule has 0 spiro atoms. The van der Waals surface area contributed by atoms with E-state index in [1.807, 2.05) is 30.3 Å². The highest BCUT2D eigenvalue weighted by atomic mass is 32.1. The Morgan fingerprint density at radius 2 is 1.96 bits per heavy atom. The summed E-state index contributed by atoms with van der Waals surface area (Å²) in [7, 11) is 1.68. The lowest BCUT2D eigenvalue weighted by molar-refractivity contribution is -0.120. The standard InChI is InChI=1S/C22H25N3O2S/c1-3-15-4-6-17(7-5-15)23-21(26)16-10-12-25(13-11-16)22-24-19-9-8-18(27-2)14-20(19)28-22/h4-9,14,16H,3,10-13H2,1-2H3,(H,23,26). The maximum Gasteiger partial charge on any atom is 0.227 e. The zero-order valence-corrected chi connectivity index (χ0v) is 17.1. The first-order chi connectivity index (χ1) is 13.7. The molecule has 0 saturated carbocycles. The van der Waals surface area contributed by atoms with Gasteiger partial charge in [-0.1, -0.05) is 30.4 Å². The largest absolute Gasteiger partial charge is 0.497 e. The Hall–Kier alpha value is -2.60. The number of carbonyl (C=O) groups excluding carboxylic acids is 1. The molecule has 1 amide bonds. The van der Waals surface area contributed by atoms with Crippen molar-refractivity contribution in [2.45, 2.75) is 26.2 Å². The van der Waals surface area contributed by atoms with Gasteiger partial charge >= 0.3 is 0 Å². The van der Waals surface area contributed by atoms with Gasteiger partial charge in [0.2, 0.25) is 5.91 Å². The van der Waals surface area contributed by atoms with Crippen molar-refractivity contribution in [3.05, 3.63) is 48.0 Å². The van der Waals surface area contributed by atoms with E-state index in [0.29, 0.717) is 0 Å².